The number of nitrogens with one attached hydrogen (secondary N) is 1. The minimum Gasteiger partial charge on any atom is -0.296 e. The van der Waals surface area contributed by atoms with E-state index in [1.807, 2.05) is 6.92 Å². The first kappa shape index (κ1) is 8.73. The van der Waals surface area contributed by atoms with Crippen LogP contribution < -0.4 is 5.32 Å². The highest BCUT2D eigenvalue weighted by atomic mass is 16.2. The Hall–Kier alpha value is -0.860. The molecule has 1 aliphatic carbocycles. The summed E-state index contributed by atoms with van der Waals surface area (Å²) in [5.41, 5.74) is 0.0133. The van der Waals surface area contributed by atoms with Crippen LogP contribution in [0.4, 0.5) is 0 Å². The number of carbonyl (C=O) groups is 2. The van der Waals surface area contributed by atoms with Crippen molar-refractivity contribution in [1.29, 1.82) is 0 Å². The van der Waals surface area contributed by atoms with Gasteiger partial charge in [-0.3, -0.25) is 14.9 Å². The second kappa shape index (κ2) is 2.82. The molecule has 1 unspecified atom stereocenters. The van der Waals surface area contributed by atoms with Crippen molar-refractivity contribution in [2.24, 2.45) is 11.3 Å². The maximum Gasteiger partial charge on any atom is 0.229 e. The molecule has 0 aromatic heterocycles. The summed E-state index contributed by atoms with van der Waals surface area (Å²) in [5.74, 6) is -0.129. The Labute approximate surface area is 77.9 Å². The van der Waals surface area contributed by atoms with Gasteiger partial charge in [0.25, 0.3) is 0 Å². The monoisotopic (exact) mass is 181 g/mol. The predicted molar refractivity (Wildman–Crippen MR) is 47.8 cm³/mol. The minimum atomic E-state index is -0.0787. The Kier molecular flexibility index (Phi) is 1.90. The molecule has 72 valence electrons. The highest BCUT2D eigenvalue weighted by Gasteiger charge is 2.47. The van der Waals surface area contributed by atoms with Crippen LogP contribution in [0.2, 0.25) is 0 Å². The lowest BCUT2D eigenvalue weighted by Gasteiger charge is -2.37. The number of rotatable bonds is 0. The van der Waals surface area contributed by atoms with Crippen LogP contribution in [0, 0.1) is 11.3 Å². The van der Waals surface area contributed by atoms with Crippen molar-refractivity contribution >= 4 is 11.8 Å². The maximum absolute atomic E-state index is 11.4. The van der Waals surface area contributed by atoms with E-state index in [-0.39, 0.29) is 23.1 Å². The molecule has 2 fully saturated rings. The maximum atomic E-state index is 11.4. The molecular formula is C10H15NO2. The number of imide groups is 1. The van der Waals surface area contributed by atoms with Crippen LogP contribution in [0.1, 0.15) is 39.0 Å². The highest BCUT2D eigenvalue weighted by Crippen LogP contribution is 2.48. The molecule has 1 heterocycles. The number of amides is 2. The molecule has 3 heteroatoms. The summed E-state index contributed by atoms with van der Waals surface area (Å²) in [4.78, 5) is 22.7. The van der Waals surface area contributed by atoms with Crippen molar-refractivity contribution in [2.45, 2.75) is 39.0 Å². The van der Waals surface area contributed by atoms with Gasteiger partial charge in [0.15, 0.2) is 0 Å². The zero-order chi connectivity index (χ0) is 9.47. The molecule has 1 spiro atoms. The van der Waals surface area contributed by atoms with Crippen molar-refractivity contribution in [3.8, 4) is 0 Å². The molecule has 0 bridgehead atoms. The van der Waals surface area contributed by atoms with E-state index in [2.05, 4.69) is 5.32 Å². The van der Waals surface area contributed by atoms with Gasteiger partial charge in [-0.15, -0.1) is 0 Å². The third-order valence-corrected chi connectivity index (χ3v) is 3.69. The van der Waals surface area contributed by atoms with Gasteiger partial charge in [0.1, 0.15) is 0 Å². The first-order valence-electron chi connectivity index (χ1n) is 4.98. The van der Waals surface area contributed by atoms with Gasteiger partial charge in [0.05, 0.1) is 0 Å². The van der Waals surface area contributed by atoms with E-state index < -0.39 is 0 Å². The third-order valence-electron chi connectivity index (χ3n) is 3.69. The smallest absolute Gasteiger partial charge is 0.229 e. The van der Waals surface area contributed by atoms with E-state index in [1.165, 1.54) is 12.8 Å². The van der Waals surface area contributed by atoms with Gasteiger partial charge >= 0.3 is 0 Å². The molecule has 1 saturated carbocycles. The molecule has 2 aliphatic rings. The van der Waals surface area contributed by atoms with Crippen molar-refractivity contribution in [1.82, 2.24) is 5.32 Å². The molecule has 1 N–H and O–H groups in total. The molecule has 0 aromatic carbocycles. The molecule has 0 radical (unpaired) electrons. The molecule has 1 atom stereocenters. The fraction of sp³-hybridized carbons (Fsp3) is 0.800. The summed E-state index contributed by atoms with van der Waals surface area (Å²) in [6.07, 6.45) is 5.00. The van der Waals surface area contributed by atoms with Gasteiger partial charge < -0.3 is 0 Å². The molecule has 0 aromatic rings. The SMILES string of the molecule is CC1C(=O)NC(=O)CC12CCCC2. The molecule has 1 saturated heterocycles. The summed E-state index contributed by atoms with van der Waals surface area (Å²) in [5, 5.41) is 2.40. The number of carbonyl (C=O) groups excluding carboxylic acids is 2. The van der Waals surface area contributed by atoms with Crippen molar-refractivity contribution < 1.29 is 9.59 Å². The summed E-state index contributed by atoms with van der Waals surface area (Å²) >= 11 is 0. The first-order valence-corrected chi connectivity index (χ1v) is 4.98. The summed E-state index contributed by atoms with van der Waals surface area (Å²) in [7, 11) is 0. The average Bonchev–Trinajstić information content (AvgIpc) is 2.50. The van der Waals surface area contributed by atoms with Crippen molar-refractivity contribution in [3.63, 3.8) is 0 Å². The van der Waals surface area contributed by atoms with Gasteiger partial charge in [-0.05, 0) is 18.3 Å². The van der Waals surface area contributed by atoms with E-state index >= 15 is 0 Å². The second-order valence-electron chi connectivity index (χ2n) is 4.38. The van der Waals surface area contributed by atoms with E-state index in [9.17, 15) is 9.59 Å². The molecule has 13 heavy (non-hydrogen) atoms. The predicted octanol–water partition coefficient (Wildman–Crippen LogP) is 1.23. The van der Waals surface area contributed by atoms with E-state index in [0.29, 0.717) is 6.42 Å². The summed E-state index contributed by atoms with van der Waals surface area (Å²) in [6, 6.07) is 0. The van der Waals surface area contributed by atoms with Crippen LogP contribution in [0.25, 0.3) is 0 Å². The van der Waals surface area contributed by atoms with Gasteiger partial charge in [-0.25, -0.2) is 0 Å². The Balaban J connectivity index is 2.25. The number of piperidine rings is 1. The summed E-state index contributed by atoms with van der Waals surface area (Å²) in [6.45, 7) is 1.95. The zero-order valence-corrected chi connectivity index (χ0v) is 7.93. The Morgan fingerprint density at radius 1 is 1.31 bits per heavy atom. The lowest BCUT2D eigenvalue weighted by atomic mass is 9.70. The van der Waals surface area contributed by atoms with Crippen LogP contribution in [-0.2, 0) is 9.59 Å². The third kappa shape index (κ3) is 1.26. The van der Waals surface area contributed by atoms with Crippen molar-refractivity contribution in [3.05, 3.63) is 0 Å². The fourth-order valence-electron chi connectivity index (χ4n) is 2.73. The Bertz CT molecular complexity index is 254. The lowest BCUT2D eigenvalue weighted by molar-refractivity contribution is -0.142. The molecular weight excluding hydrogens is 166 g/mol. The fourth-order valence-corrected chi connectivity index (χ4v) is 2.73. The minimum absolute atomic E-state index is 0.0133. The summed E-state index contributed by atoms with van der Waals surface area (Å²) < 4.78 is 0. The highest BCUT2D eigenvalue weighted by molar-refractivity contribution is 5.99. The normalized spacial score (nSPS) is 32.2. The number of hydrogen-bond acceptors (Lipinski definition) is 2. The molecule has 2 rings (SSSR count). The van der Waals surface area contributed by atoms with E-state index in [4.69, 9.17) is 0 Å². The average molecular weight is 181 g/mol. The molecule has 1 aliphatic heterocycles. The Morgan fingerprint density at radius 2 is 1.92 bits per heavy atom. The van der Waals surface area contributed by atoms with Gasteiger partial charge in [0.2, 0.25) is 11.8 Å². The second-order valence-corrected chi connectivity index (χ2v) is 4.38. The molecule has 2 amide bonds. The van der Waals surface area contributed by atoms with Crippen LogP contribution in [0.5, 0.6) is 0 Å². The van der Waals surface area contributed by atoms with Crippen molar-refractivity contribution in [2.75, 3.05) is 0 Å². The quantitative estimate of drug-likeness (QED) is 0.571. The van der Waals surface area contributed by atoms with Gasteiger partial charge in [-0.2, -0.15) is 0 Å². The standard InChI is InChI=1S/C10H15NO2/c1-7-9(13)11-8(12)6-10(7)4-2-3-5-10/h7H,2-6H2,1H3,(H,11,12,13). The van der Waals surface area contributed by atoms with Crippen LogP contribution >= 0.6 is 0 Å². The molecule has 3 nitrogen and oxygen atoms in total. The van der Waals surface area contributed by atoms with E-state index in [1.54, 1.807) is 0 Å². The van der Waals surface area contributed by atoms with Gasteiger partial charge in [-0.1, -0.05) is 19.8 Å². The Morgan fingerprint density at radius 3 is 2.54 bits per heavy atom. The topological polar surface area (TPSA) is 46.2 Å². The first-order chi connectivity index (χ1) is 6.14. The van der Waals surface area contributed by atoms with E-state index in [0.717, 1.165) is 12.8 Å². The van der Waals surface area contributed by atoms with Crippen LogP contribution in [0.15, 0.2) is 0 Å². The zero-order valence-electron chi connectivity index (χ0n) is 7.93. The van der Waals surface area contributed by atoms with Crippen LogP contribution in [0.3, 0.4) is 0 Å². The number of hydrogen-bond donors (Lipinski definition) is 1. The van der Waals surface area contributed by atoms with Crippen LogP contribution in [-0.4, -0.2) is 11.8 Å². The largest absolute Gasteiger partial charge is 0.296 e. The lowest BCUT2D eigenvalue weighted by Crippen LogP contribution is -2.49. The van der Waals surface area contributed by atoms with Gasteiger partial charge in [0, 0.05) is 12.3 Å².